The van der Waals surface area contributed by atoms with E-state index in [0.717, 1.165) is 19.3 Å². The zero-order chi connectivity index (χ0) is 11.4. The van der Waals surface area contributed by atoms with Crippen molar-refractivity contribution in [2.75, 3.05) is 25.7 Å². The molecule has 5 heteroatoms. The highest BCUT2D eigenvalue weighted by atomic mass is 35.5. The molecular formula is C11H18ClNO3. The fourth-order valence-electron chi connectivity index (χ4n) is 2.33. The van der Waals surface area contributed by atoms with Crippen molar-refractivity contribution >= 4 is 17.5 Å². The van der Waals surface area contributed by atoms with E-state index in [-0.39, 0.29) is 11.9 Å². The van der Waals surface area contributed by atoms with Crippen molar-refractivity contribution in [3.8, 4) is 0 Å². The standard InChI is InChI=1S/C11H18ClNO3/c12-6-8-2-1-3-9(8)13-11(14)10-7-15-4-5-16-10/h8-10H,1-7H2,(H,13,14). The zero-order valence-electron chi connectivity index (χ0n) is 9.28. The minimum absolute atomic E-state index is 0.0540. The van der Waals surface area contributed by atoms with Crippen LogP contribution in [0.4, 0.5) is 0 Å². The van der Waals surface area contributed by atoms with Crippen LogP contribution in [0.15, 0.2) is 0 Å². The topological polar surface area (TPSA) is 47.6 Å². The Bertz CT molecular complexity index is 243. The third kappa shape index (κ3) is 2.87. The molecule has 4 nitrogen and oxygen atoms in total. The molecule has 0 spiro atoms. The van der Waals surface area contributed by atoms with Crippen LogP contribution in [0.2, 0.25) is 0 Å². The highest BCUT2D eigenvalue weighted by Gasteiger charge is 2.31. The fraction of sp³-hybridized carbons (Fsp3) is 0.909. The molecule has 1 aliphatic carbocycles. The summed E-state index contributed by atoms with van der Waals surface area (Å²) in [6, 6.07) is 0.218. The number of halogens is 1. The largest absolute Gasteiger partial charge is 0.376 e. The Labute approximate surface area is 101 Å². The lowest BCUT2D eigenvalue weighted by Crippen LogP contribution is -2.47. The van der Waals surface area contributed by atoms with Gasteiger partial charge in [-0.15, -0.1) is 11.6 Å². The molecule has 1 aliphatic heterocycles. The predicted molar refractivity (Wildman–Crippen MR) is 60.6 cm³/mol. The molecule has 1 saturated heterocycles. The van der Waals surface area contributed by atoms with Crippen LogP contribution in [0.25, 0.3) is 0 Å². The Morgan fingerprint density at radius 1 is 1.38 bits per heavy atom. The molecule has 3 atom stereocenters. The molecular weight excluding hydrogens is 230 g/mol. The summed E-state index contributed by atoms with van der Waals surface area (Å²) in [4.78, 5) is 11.9. The van der Waals surface area contributed by atoms with Gasteiger partial charge < -0.3 is 14.8 Å². The van der Waals surface area contributed by atoms with Crippen LogP contribution < -0.4 is 5.32 Å². The summed E-state index contributed by atoms with van der Waals surface area (Å²) >= 11 is 5.86. The highest BCUT2D eigenvalue weighted by molar-refractivity contribution is 6.18. The van der Waals surface area contributed by atoms with Gasteiger partial charge in [-0.1, -0.05) is 6.42 Å². The Morgan fingerprint density at radius 3 is 2.94 bits per heavy atom. The van der Waals surface area contributed by atoms with Gasteiger partial charge in [0.25, 0.3) is 5.91 Å². The zero-order valence-corrected chi connectivity index (χ0v) is 10.0. The van der Waals surface area contributed by atoms with Gasteiger partial charge in [0.2, 0.25) is 0 Å². The average Bonchev–Trinajstić information content (AvgIpc) is 2.77. The molecule has 2 fully saturated rings. The van der Waals surface area contributed by atoms with Crippen LogP contribution in [-0.2, 0) is 14.3 Å². The summed E-state index contributed by atoms with van der Waals surface area (Å²) in [5.74, 6) is 0.976. The SMILES string of the molecule is O=C(NC1CCCC1CCl)C1COCCO1. The van der Waals surface area contributed by atoms with Crippen molar-refractivity contribution in [3.05, 3.63) is 0 Å². The van der Waals surface area contributed by atoms with Gasteiger partial charge in [0, 0.05) is 11.9 Å². The van der Waals surface area contributed by atoms with Gasteiger partial charge in [-0.3, -0.25) is 4.79 Å². The Balaban J connectivity index is 1.81. The second-order valence-electron chi connectivity index (χ2n) is 4.39. The molecule has 0 aromatic heterocycles. The number of hydrogen-bond acceptors (Lipinski definition) is 3. The Morgan fingerprint density at radius 2 is 2.25 bits per heavy atom. The monoisotopic (exact) mass is 247 g/mol. The number of ether oxygens (including phenoxy) is 2. The van der Waals surface area contributed by atoms with Crippen LogP contribution in [0, 0.1) is 5.92 Å². The number of amides is 1. The normalized spacial score (nSPS) is 34.9. The number of rotatable bonds is 3. The van der Waals surface area contributed by atoms with Gasteiger partial charge in [-0.2, -0.15) is 0 Å². The van der Waals surface area contributed by atoms with Crippen LogP contribution in [0.5, 0.6) is 0 Å². The second kappa shape index (κ2) is 5.84. The fourth-order valence-corrected chi connectivity index (χ4v) is 2.70. The Hall–Kier alpha value is -0.320. The lowest BCUT2D eigenvalue weighted by molar-refractivity contribution is -0.148. The average molecular weight is 248 g/mol. The van der Waals surface area contributed by atoms with E-state index in [9.17, 15) is 4.79 Å². The molecule has 1 amide bonds. The molecule has 1 N–H and O–H groups in total. The second-order valence-corrected chi connectivity index (χ2v) is 4.70. The summed E-state index contributed by atoms with van der Waals surface area (Å²) in [7, 11) is 0. The summed E-state index contributed by atoms with van der Waals surface area (Å²) in [6.07, 6.45) is 2.84. The van der Waals surface area contributed by atoms with Gasteiger partial charge in [0.05, 0.1) is 19.8 Å². The van der Waals surface area contributed by atoms with Gasteiger partial charge >= 0.3 is 0 Å². The Kier molecular flexibility index (Phi) is 4.44. The van der Waals surface area contributed by atoms with Crippen molar-refractivity contribution in [3.63, 3.8) is 0 Å². The van der Waals surface area contributed by atoms with Gasteiger partial charge in [-0.25, -0.2) is 0 Å². The molecule has 3 unspecified atom stereocenters. The third-order valence-electron chi connectivity index (χ3n) is 3.29. The smallest absolute Gasteiger partial charge is 0.251 e. The van der Waals surface area contributed by atoms with Gasteiger partial charge in [-0.05, 0) is 18.8 Å². The first kappa shape index (κ1) is 12.1. The van der Waals surface area contributed by atoms with Crippen molar-refractivity contribution in [1.29, 1.82) is 0 Å². The first-order chi connectivity index (χ1) is 7.81. The lowest BCUT2D eigenvalue weighted by atomic mass is 10.1. The first-order valence-electron chi connectivity index (χ1n) is 5.87. The summed E-state index contributed by atoms with van der Waals surface area (Å²) < 4.78 is 10.6. The van der Waals surface area contributed by atoms with Crippen molar-refractivity contribution in [2.24, 2.45) is 5.92 Å². The van der Waals surface area contributed by atoms with Crippen molar-refractivity contribution < 1.29 is 14.3 Å². The lowest BCUT2D eigenvalue weighted by Gasteiger charge is -2.25. The van der Waals surface area contributed by atoms with E-state index >= 15 is 0 Å². The van der Waals surface area contributed by atoms with Gasteiger partial charge in [0.1, 0.15) is 0 Å². The van der Waals surface area contributed by atoms with Crippen LogP contribution in [0.1, 0.15) is 19.3 Å². The minimum Gasteiger partial charge on any atom is -0.376 e. The quantitative estimate of drug-likeness (QED) is 0.755. The summed E-state index contributed by atoms with van der Waals surface area (Å²) in [5.41, 5.74) is 0. The molecule has 0 aromatic rings. The third-order valence-corrected chi connectivity index (χ3v) is 3.69. The van der Waals surface area contributed by atoms with Crippen LogP contribution in [0.3, 0.4) is 0 Å². The molecule has 1 saturated carbocycles. The van der Waals surface area contributed by atoms with E-state index in [1.807, 2.05) is 0 Å². The number of nitrogens with one attached hydrogen (secondary N) is 1. The first-order valence-corrected chi connectivity index (χ1v) is 6.40. The van der Waals surface area contributed by atoms with Crippen molar-refractivity contribution in [2.45, 2.75) is 31.4 Å². The van der Waals surface area contributed by atoms with Crippen molar-refractivity contribution in [1.82, 2.24) is 5.32 Å². The number of carbonyl (C=O) groups is 1. The number of carbonyl (C=O) groups excluding carboxylic acids is 1. The van der Waals surface area contributed by atoms with E-state index in [1.54, 1.807) is 0 Å². The maximum absolute atomic E-state index is 11.9. The summed E-state index contributed by atoms with van der Waals surface area (Å²) in [6.45, 7) is 1.45. The summed E-state index contributed by atoms with van der Waals surface area (Å²) in [5, 5.41) is 3.02. The van der Waals surface area contributed by atoms with E-state index in [4.69, 9.17) is 21.1 Å². The molecule has 92 valence electrons. The minimum atomic E-state index is -0.440. The molecule has 2 aliphatic rings. The molecule has 1 heterocycles. The van der Waals surface area contributed by atoms with E-state index in [2.05, 4.69) is 5.32 Å². The molecule has 0 radical (unpaired) electrons. The molecule has 2 rings (SSSR count). The highest BCUT2D eigenvalue weighted by Crippen LogP contribution is 2.26. The van der Waals surface area contributed by atoms with E-state index in [0.29, 0.717) is 31.6 Å². The maximum atomic E-state index is 11.9. The van der Waals surface area contributed by atoms with Gasteiger partial charge in [0.15, 0.2) is 6.10 Å². The molecule has 0 aromatic carbocycles. The number of alkyl halides is 1. The maximum Gasteiger partial charge on any atom is 0.251 e. The number of hydrogen-bond donors (Lipinski definition) is 1. The van der Waals surface area contributed by atoms with Crippen LogP contribution in [-0.4, -0.2) is 43.8 Å². The molecule has 16 heavy (non-hydrogen) atoms. The van der Waals surface area contributed by atoms with E-state index in [1.165, 1.54) is 0 Å². The van der Waals surface area contributed by atoms with E-state index < -0.39 is 6.10 Å². The predicted octanol–water partition coefficient (Wildman–Crippen LogP) is 0.925. The van der Waals surface area contributed by atoms with Crippen LogP contribution >= 0.6 is 11.6 Å². The molecule has 0 bridgehead atoms.